The topological polar surface area (TPSA) is 117 Å². The minimum Gasteiger partial charge on any atom is -0.444 e. The van der Waals surface area contributed by atoms with Crippen LogP contribution in [0.3, 0.4) is 0 Å². The molecular formula is C29H43N7O3. The molecule has 0 saturated carbocycles. The van der Waals surface area contributed by atoms with Gasteiger partial charge in [0.15, 0.2) is 11.5 Å². The van der Waals surface area contributed by atoms with E-state index in [-0.39, 0.29) is 11.8 Å². The van der Waals surface area contributed by atoms with Crippen LogP contribution >= 0.6 is 0 Å². The average Bonchev–Trinajstić information content (AvgIpc) is 2.91. The lowest BCUT2D eigenvalue weighted by molar-refractivity contribution is 0.0240. The van der Waals surface area contributed by atoms with Crippen molar-refractivity contribution in [1.29, 1.82) is 0 Å². The predicted octanol–water partition coefficient (Wildman–Crippen LogP) is 4.93. The fraction of sp³-hybridized carbons (Fsp3) is 0.586. The maximum atomic E-state index is 12.4. The van der Waals surface area contributed by atoms with Gasteiger partial charge in [-0.15, -0.1) is 0 Å². The van der Waals surface area contributed by atoms with Gasteiger partial charge in [-0.3, -0.25) is 4.79 Å². The second kappa shape index (κ2) is 13.0. The zero-order valence-corrected chi connectivity index (χ0v) is 23.6. The van der Waals surface area contributed by atoms with Gasteiger partial charge in [-0.1, -0.05) is 32.1 Å². The first-order chi connectivity index (χ1) is 18.7. The molecule has 2 aliphatic heterocycles. The normalized spacial score (nSPS) is 17.5. The lowest BCUT2D eigenvalue weighted by atomic mass is 10.1. The van der Waals surface area contributed by atoms with Crippen LogP contribution < -0.4 is 20.9 Å². The monoisotopic (exact) mass is 537 g/mol. The van der Waals surface area contributed by atoms with Gasteiger partial charge in [-0.05, 0) is 57.9 Å². The molecule has 10 heteroatoms. The zero-order valence-electron chi connectivity index (χ0n) is 23.6. The fourth-order valence-corrected chi connectivity index (χ4v) is 5.00. The smallest absolute Gasteiger partial charge is 0.410 e. The molecule has 212 valence electrons. The SMILES string of the molecule is CC(C)(C)OC(=O)N1CCN(c2ccc(Nc3nc(N4CCCCCCCCC4)cnc3C(N)=O)cc2)CC1. The van der Waals surface area contributed by atoms with Crippen molar-refractivity contribution in [2.75, 3.05) is 54.4 Å². The first kappa shape index (κ1) is 28.4. The summed E-state index contributed by atoms with van der Waals surface area (Å²) >= 11 is 0. The molecule has 1 aromatic heterocycles. The van der Waals surface area contributed by atoms with Crippen LogP contribution in [0.1, 0.15) is 76.2 Å². The van der Waals surface area contributed by atoms with E-state index in [1.807, 2.05) is 45.0 Å². The standard InChI is InChI=1S/C29H43N7O3/c1-29(2,3)39-28(38)36-19-17-34(18-20-36)23-13-11-22(12-14-23)32-27-25(26(30)37)31-21-24(33-27)35-15-9-7-5-4-6-8-10-16-35/h11-14,21H,4-10,15-20H2,1-3H3,(H2,30,37)(H,32,33). The van der Waals surface area contributed by atoms with Crippen molar-refractivity contribution < 1.29 is 14.3 Å². The number of hydrogen-bond donors (Lipinski definition) is 2. The average molecular weight is 538 g/mol. The molecule has 2 fully saturated rings. The van der Waals surface area contributed by atoms with Crippen LogP contribution in [0, 0.1) is 0 Å². The summed E-state index contributed by atoms with van der Waals surface area (Å²) in [6.45, 7) is 10.2. The third kappa shape index (κ3) is 8.21. The molecule has 0 unspecified atom stereocenters. The van der Waals surface area contributed by atoms with Crippen molar-refractivity contribution in [3.8, 4) is 0 Å². The van der Waals surface area contributed by atoms with E-state index >= 15 is 0 Å². The van der Waals surface area contributed by atoms with E-state index in [0.29, 0.717) is 18.9 Å². The van der Waals surface area contributed by atoms with Gasteiger partial charge in [0.2, 0.25) is 0 Å². The summed E-state index contributed by atoms with van der Waals surface area (Å²) in [6.07, 6.45) is 9.96. The Morgan fingerprint density at radius 3 is 2.00 bits per heavy atom. The van der Waals surface area contributed by atoms with Gasteiger partial charge in [0.05, 0.1) is 6.20 Å². The van der Waals surface area contributed by atoms with Crippen LogP contribution in [-0.4, -0.2) is 71.7 Å². The molecule has 3 N–H and O–H groups in total. The van der Waals surface area contributed by atoms with E-state index in [2.05, 4.69) is 20.1 Å². The predicted molar refractivity (Wildman–Crippen MR) is 155 cm³/mol. The number of nitrogens with one attached hydrogen (secondary N) is 1. The molecule has 0 radical (unpaired) electrons. The number of carbonyl (C=O) groups is 2. The summed E-state index contributed by atoms with van der Waals surface area (Å²) in [6, 6.07) is 7.96. The van der Waals surface area contributed by atoms with E-state index in [0.717, 1.165) is 56.2 Å². The highest BCUT2D eigenvalue weighted by molar-refractivity contribution is 5.96. The number of piperazine rings is 1. The highest BCUT2D eigenvalue weighted by Gasteiger charge is 2.26. The number of hydrogen-bond acceptors (Lipinski definition) is 8. The van der Waals surface area contributed by atoms with E-state index in [1.165, 1.54) is 32.1 Å². The van der Waals surface area contributed by atoms with Crippen LogP contribution in [0.5, 0.6) is 0 Å². The number of amides is 2. The molecule has 0 aliphatic carbocycles. The number of anilines is 4. The lowest BCUT2D eigenvalue weighted by Gasteiger charge is -2.36. The van der Waals surface area contributed by atoms with Gasteiger partial charge in [-0.2, -0.15) is 0 Å². The number of primary amides is 1. The summed E-state index contributed by atoms with van der Waals surface area (Å²) in [7, 11) is 0. The number of aromatic nitrogens is 2. The third-order valence-corrected chi connectivity index (χ3v) is 7.10. The first-order valence-corrected chi connectivity index (χ1v) is 14.2. The van der Waals surface area contributed by atoms with Crippen LogP contribution in [0.4, 0.5) is 27.8 Å². The van der Waals surface area contributed by atoms with Crippen molar-refractivity contribution in [2.24, 2.45) is 5.73 Å². The van der Waals surface area contributed by atoms with Crippen molar-refractivity contribution in [3.05, 3.63) is 36.2 Å². The summed E-state index contributed by atoms with van der Waals surface area (Å²) in [5.41, 5.74) is 7.11. The van der Waals surface area contributed by atoms with Crippen LogP contribution in [0.2, 0.25) is 0 Å². The highest BCUT2D eigenvalue weighted by Crippen LogP contribution is 2.25. The second-order valence-electron chi connectivity index (χ2n) is 11.4. The Balaban J connectivity index is 1.41. The van der Waals surface area contributed by atoms with E-state index in [9.17, 15) is 9.59 Å². The van der Waals surface area contributed by atoms with E-state index in [4.69, 9.17) is 15.5 Å². The van der Waals surface area contributed by atoms with Gasteiger partial charge in [0.1, 0.15) is 11.4 Å². The van der Waals surface area contributed by atoms with E-state index in [1.54, 1.807) is 11.1 Å². The Morgan fingerprint density at radius 2 is 1.44 bits per heavy atom. The summed E-state index contributed by atoms with van der Waals surface area (Å²) in [5, 5.41) is 3.27. The van der Waals surface area contributed by atoms with Gasteiger partial charge < -0.3 is 30.5 Å². The van der Waals surface area contributed by atoms with Gasteiger partial charge in [0.25, 0.3) is 5.91 Å². The van der Waals surface area contributed by atoms with E-state index < -0.39 is 11.5 Å². The lowest BCUT2D eigenvalue weighted by Crippen LogP contribution is -2.50. The van der Waals surface area contributed by atoms with Crippen LogP contribution in [-0.2, 0) is 4.74 Å². The maximum Gasteiger partial charge on any atom is 0.410 e. The molecule has 10 nitrogen and oxygen atoms in total. The quantitative estimate of drug-likeness (QED) is 0.552. The van der Waals surface area contributed by atoms with Crippen molar-refractivity contribution in [1.82, 2.24) is 14.9 Å². The number of nitrogens with two attached hydrogens (primary N) is 1. The first-order valence-electron chi connectivity index (χ1n) is 14.2. The summed E-state index contributed by atoms with van der Waals surface area (Å²) in [5.74, 6) is 0.523. The Labute approximate surface area is 231 Å². The second-order valence-corrected chi connectivity index (χ2v) is 11.4. The maximum absolute atomic E-state index is 12.4. The van der Waals surface area contributed by atoms with Gasteiger partial charge >= 0.3 is 6.09 Å². The molecule has 4 rings (SSSR count). The highest BCUT2D eigenvalue weighted by atomic mass is 16.6. The third-order valence-electron chi connectivity index (χ3n) is 7.10. The van der Waals surface area contributed by atoms with Crippen LogP contribution in [0.25, 0.3) is 0 Å². The summed E-state index contributed by atoms with van der Waals surface area (Å²) in [4.78, 5) is 39.9. The van der Waals surface area contributed by atoms with Gasteiger partial charge in [0, 0.05) is 50.6 Å². The fourth-order valence-electron chi connectivity index (χ4n) is 5.00. The molecule has 0 bridgehead atoms. The Morgan fingerprint density at radius 1 is 0.846 bits per heavy atom. The van der Waals surface area contributed by atoms with Crippen molar-refractivity contribution in [2.45, 2.75) is 71.3 Å². The molecular weight excluding hydrogens is 494 g/mol. The molecule has 0 spiro atoms. The largest absolute Gasteiger partial charge is 0.444 e. The van der Waals surface area contributed by atoms with Crippen molar-refractivity contribution >= 4 is 35.0 Å². The number of nitrogens with zero attached hydrogens (tertiary/aromatic N) is 5. The number of ether oxygens (including phenoxy) is 1. The minimum atomic E-state index is -0.614. The molecule has 0 atom stereocenters. The minimum absolute atomic E-state index is 0.127. The number of carbonyl (C=O) groups excluding carboxylic acids is 2. The Hall–Kier alpha value is -3.56. The molecule has 2 aliphatic rings. The Kier molecular flexibility index (Phi) is 9.48. The van der Waals surface area contributed by atoms with Crippen LogP contribution in [0.15, 0.2) is 30.5 Å². The molecule has 2 saturated heterocycles. The number of rotatable bonds is 5. The zero-order chi connectivity index (χ0) is 27.8. The molecule has 39 heavy (non-hydrogen) atoms. The van der Waals surface area contributed by atoms with Gasteiger partial charge in [-0.25, -0.2) is 14.8 Å². The molecule has 1 aromatic carbocycles. The summed E-state index contributed by atoms with van der Waals surface area (Å²) < 4.78 is 5.50. The van der Waals surface area contributed by atoms with Crippen molar-refractivity contribution in [3.63, 3.8) is 0 Å². The molecule has 2 amide bonds. The Bertz CT molecular complexity index is 1100. The molecule has 2 aromatic rings. The number of benzene rings is 1. The molecule has 3 heterocycles.